The van der Waals surface area contributed by atoms with E-state index in [1.165, 1.54) is 13.2 Å². The van der Waals surface area contributed by atoms with Crippen LogP contribution in [-0.4, -0.2) is 54.5 Å². The summed E-state index contributed by atoms with van der Waals surface area (Å²) < 4.78 is 14.8. The molecular formula is C13H16N4O5. The Labute approximate surface area is 126 Å². The predicted molar refractivity (Wildman–Crippen MR) is 74.4 cm³/mol. The topological polar surface area (TPSA) is 117 Å². The number of hydrogen-bond donors (Lipinski definition) is 1. The van der Waals surface area contributed by atoms with E-state index in [4.69, 9.17) is 15.2 Å². The summed E-state index contributed by atoms with van der Waals surface area (Å²) in [6.07, 6.45) is 0.580. The van der Waals surface area contributed by atoms with Crippen molar-refractivity contribution in [3.8, 4) is 0 Å². The molecule has 22 heavy (non-hydrogen) atoms. The number of aromatic nitrogens is 2. The van der Waals surface area contributed by atoms with E-state index in [2.05, 4.69) is 14.7 Å². The number of carbonyl (C=O) groups excluding carboxylic acids is 2. The molecule has 0 aromatic carbocycles. The molecule has 3 heterocycles. The number of nitrogens with two attached hydrogens (primary N) is 1. The smallest absolute Gasteiger partial charge is 0.464 e. The molecule has 0 radical (unpaired) electrons. The van der Waals surface area contributed by atoms with E-state index in [1.807, 2.05) is 4.90 Å². The second kappa shape index (κ2) is 5.32. The average Bonchev–Trinajstić information content (AvgIpc) is 2.87. The van der Waals surface area contributed by atoms with Gasteiger partial charge in [0.2, 0.25) is 5.95 Å². The van der Waals surface area contributed by atoms with Gasteiger partial charge in [0.05, 0.1) is 7.11 Å². The third-order valence-corrected chi connectivity index (χ3v) is 3.84. The summed E-state index contributed by atoms with van der Waals surface area (Å²) in [5.41, 5.74) is 5.27. The molecule has 2 saturated heterocycles. The van der Waals surface area contributed by atoms with E-state index in [-0.39, 0.29) is 18.1 Å². The highest BCUT2D eigenvalue weighted by Gasteiger charge is 2.45. The minimum atomic E-state index is -0.623. The van der Waals surface area contributed by atoms with Crippen LogP contribution in [0.25, 0.3) is 0 Å². The van der Waals surface area contributed by atoms with Crippen LogP contribution in [0.5, 0.6) is 0 Å². The largest absolute Gasteiger partial charge is 0.509 e. The molecule has 2 aliphatic heterocycles. The average molecular weight is 308 g/mol. The highest BCUT2D eigenvalue weighted by Crippen LogP contribution is 2.32. The lowest BCUT2D eigenvalue weighted by Crippen LogP contribution is -2.46. The first kappa shape index (κ1) is 14.4. The molecule has 9 nitrogen and oxygen atoms in total. The van der Waals surface area contributed by atoms with E-state index in [9.17, 15) is 9.59 Å². The molecule has 2 fully saturated rings. The van der Waals surface area contributed by atoms with Crippen molar-refractivity contribution >= 4 is 23.9 Å². The van der Waals surface area contributed by atoms with E-state index < -0.39 is 17.7 Å². The summed E-state index contributed by atoms with van der Waals surface area (Å²) in [7, 11) is 1.28. The van der Waals surface area contributed by atoms with Crippen molar-refractivity contribution in [2.75, 3.05) is 37.4 Å². The van der Waals surface area contributed by atoms with Gasteiger partial charge in [-0.25, -0.2) is 14.6 Å². The van der Waals surface area contributed by atoms with Gasteiger partial charge in [-0.05, 0) is 0 Å². The van der Waals surface area contributed by atoms with Gasteiger partial charge in [0.25, 0.3) is 0 Å². The van der Waals surface area contributed by atoms with Gasteiger partial charge in [-0.15, -0.1) is 0 Å². The number of piperidine rings is 1. The number of hydrogen-bond acceptors (Lipinski definition) is 9. The summed E-state index contributed by atoms with van der Waals surface area (Å²) in [6.45, 7) is 1.41. The highest BCUT2D eigenvalue weighted by molar-refractivity contribution is 5.88. The van der Waals surface area contributed by atoms with Gasteiger partial charge in [0.1, 0.15) is 12.4 Å². The summed E-state index contributed by atoms with van der Waals surface area (Å²) in [5.74, 6) is -0.0104. The van der Waals surface area contributed by atoms with Crippen LogP contribution in [0, 0.1) is 0 Å². The van der Waals surface area contributed by atoms with Crippen molar-refractivity contribution in [3.05, 3.63) is 11.8 Å². The second-order valence-corrected chi connectivity index (χ2v) is 5.28. The van der Waals surface area contributed by atoms with Crippen LogP contribution in [0.2, 0.25) is 0 Å². The van der Waals surface area contributed by atoms with Crippen LogP contribution < -0.4 is 10.6 Å². The van der Waals surface area contributed by atoms with Crippen molar-refractivity contribution in [3.63, 3.8) is 0 Å². The molecule has 2 aliphatic rings. The maximum Gasteiger partial charge on any atom is 0.509 e. The van der Waals surface area contributed by atoms with Crippen LogP contribution in [0.4, 0.5) is 16.6 Å². The maximum atomic E-state index is 11.6. The van der Waals surface area contributed by atoms with Crippen molar-refractivity contribution in [1.82, 2.24) is 9.97 Å². The number of methoxy groups -OCH3 is 1. The van der Waals surface area contributed by atoms with Crippen molar-refractivity contribution in [2.24, 2.45) is 0 Å². The molecule has 1 aromatic heterocycles. The number of carbonyl (C=O) groups is 2. The van der Waals surface area contributed by atoms with Crippen molar-refractivity contribution < 1.29 is 23.8 Å². The van der Waals surface area contributed by atoms with Crippen molar-refractivity contribution in [2.45, 2.75) is 18.4 Å². The van der Waals surface area contributed by atoms with Gasteiger partial charge in [-0.3, -0.25) is 0 Å². The lowest BCUT2D eigenvalue weighted by Gasteiger charge is -2.36. The molecule has 0 atom stereocenters. The van der Waals surface area contributed by atoms with Crippen LogP contribution in [0.15, 0.2) is 6.07 Å². The monoisotopic (exact) mass is 308 g/mol. The minimum absolute atomic E-state index is 0.112. The summed E-state index contributed by atoms with van der Waals surface area (Å²) >= 11 is 0. The van der Waals surface area contributed by atoms with Crippen LogP contribution in [0.3, 0.4) is 0 Å². The number of nitrogens with zero attached hydrogens (tertiary/aromatic N) is 3. The van der Waals surface area contributed by atoms with Gasteiger partial charge < -0.3 is 24.8 Å². The molecule has 3 rings (SSSR count). The lowest BCUT2D eigenvalue weighted by molar-refractivity contribution is 0.0363. The fourth-order valence-corrected chi connectivity index (χ4v) is 2.59. The fraction of sp³-hybridized carbons (Fsp3) is 0.538. The van der Waals surface area contributed by atoms with Gasteiger partial charge in [-0.1, -0.05) is 0 Å². The molecule has 0 bridgehead atoms. The normalized spacial score (nSPS) is 19.7. The Morgan fingerprint density at radius 3 is 2.73 bits per heavy atom. The molecule has 0 amide bonds. The van der Waals surface area contributed by atoms with E-state index in [1.54, 1.807) is 0 Å². The Hall–Kier alpha value is -2.58. The number of ether oxygens (including phenoxy) is 3. The first-order chi connectivity index (χ1) is 10.5. The van der Waals surface area contributed by atoms with Gasteiger partial charge >= 0.3 is 12.1 Å². The Balaban J connectivity index is 1.75. The Morgan fingerprint density at radius 1 is 1.41 bits per heavy atom. The summed E-state index contributed by atoms with van der Waals surface area (Å²) in [6, 6.07) is 1.37. The lowest BCUT2D eigenvalue weighted by atomic mass is 9.92. The standard InChI is InChI=1S/C13H16N4O5/c1-20-10(18)8-6-9(14)16-11(15-8)17-4-2-13(3-5-17)7-21-12(19)22-13/h6H,2-5,7H2,1H3,(H2,14,15,16). The van der Waals surface area contributed by atoms with Crippen LogP contribution >= 0.6 is 0 Å². The molecule has 9 heteroatoms. The maximum absolute atomic E-state index is 11.6. The third-order valence-electron chi connectivity index (χ3n) is 3.84. The Kier molecular flexibility index (Phi) is 3.47. The molecule has 1 spiro atoms. The quantitative estimate of drug-likeness (QED) is 0.772. The van der Waals surface area contributed by atoms with E-state index in [0.717, 1.165) is 0 Å². The van der Waals surface area contributed by atoms with Crippen LogP contribution in [0.1, 0.15) is 23.3 Å². The number of anilines is 2. The summed E-state index contributed by atoms with van der Waals surface area (Å²) in [4.78, 5) is 32.9. The Bertz CT molecular complexity index is 612. The Morgan fingerprint density at radius 2 is 2.14 bits per heavy atom. The summed E-state index contributed by atoms with van der Waals surface area (Å²) in [5, 5.41) is 0. The third kappa shape index (κ3) is 2.61. The number of rotatable bonds is 2. The molecule has 2 N–H and O–H groups in total. The number of cyclic esters (lactones) is 1. The highest BCUT2D eigenvalue weighted by atomic mass is 16.8. The molecule has 0 saturated carbocycles. The fourth-order valence-electron chi connectivity index (χ4n) is 2.59. The van der Waals surface area contributed by atoms with Gasteiger partial charge in [-0.2, -0.15) is 4.98 Å². The second-order valence-electron chi connectivity index (χ2n) is 5.28. The zero-order valence-electron chi connectivity index (χ0n) is 12.1. The SMILES string of the molecule is COC(=O)c1cc(N)nc(N2CCC3(CC2)COC(=O)O3)n1. The van der Waals surface area contributed by atoms with E-state index >= 15 is 0 Å². The molecule has 0 unspecified atom stereocenters. The molecule has 0 aliphatic carbocycles. The van der Waals surface area contributed by atoms with Crippen molar-refractivity contribution in [1.29, 1.82) is 0 Å². The number of esters is 1. The molecule has 118 valence electrons. The first-order valence-corrected chi connectivity index (χ1v) is 6.85. The van der Waals surface area contributed by atoms with Gasteiger partial charge in [0.15, 0.2) is 11.3 Å². The predicted octanol–water partition coefficient (Wildman–Crippen LogP) is 0.351. The van der Waals surface area contributed by atoms with Crippen LogP contribution in [-0.2, 0) is 14.2 Å². The molecular weight excluding hydrogens is 292 g/mol. The minimum Gasteiger partial charge on any atom is -0.464 e. The first-order valence-electron chi connectivity index (χ1n) is 6.85. The zero-order chi connectivity index (χ0) is 15.7. The van der Waals surface area contributed by atoms with Gasteiger partial charge in [0, 0.05) is 32.0 Å². The number of nitrogen functional groups attached to an aromatic ring is 1. The van der Waals surface area contributed by atoms with E-state index in [0.29, 0.717) is 31.9 Å². The molecule has 1 aromatic rings. The zero-order valence-corrected chi connectivity index (χ0v) is 12.1.